The Kier molecular flexibility index (Phi) is 5.82. The molecule has 0 aliphatic heterocycles. The molecule has 2 aromatic rings. The van der Waals surface area contributed by atoms with Crippen LogP contribution in [0.2, 0.25) is 0 Å². The van der Waals surface area contributed by atoms with Crippen LogP contribution in [0.1, 0.15) is 5.56 Å². The first kappa shape index (κ1) is 12.9. The van der Waals surface area contributed by atoms with E-state index in [1.807, 2.05) is 6.07 Å². The third-order valence-electron chi connectivity index (χ3n) is 2.16. The lowest BCUT2D eigenvalue weighted by atomic mass is 10.0. The summed E-state index contributed by atoms with van der Waals surface area (Å²) in [5, 5.41) is 0. The van der Waals surface area contributed by atoms with Crippen LogP contribution in [-0.4, -0.2) is 13.3 Å². The summed E-state index contributed by atoms with van der Waals surface area (Å²) in [7, 11) is 1.08. The van der Waals surface area contributed by atoms with Gasteiger partial charge in [-0.2, -0.15) is 0 Å². The largest absolute Gasteiger partial charge is 0.129 e. The Labute approximate surface area is 101 Å². The third kappa shape index (κ3) is 4.16. The molecule has 84 valence electrons. The van der Waals surface area contributed by atoms with Crippen LogP contribution in [0.25, 0.3) is 11.1 Å². The van der Waals surface area contributed by atoms with Gasteiger partial charge in [0.25, 0.3) is 0 Å². The second-order valence-corrected chi connectivity index (χ2v) is 4.73. The van der Waals surface area contributed by atoms with Gasteiger partial charge in [0, 0.05) is 0 Å². The van der Waals surface area contributed by atoms with E-state index in [9.17, 15) is 0 Å². The summed E-state index contributed by atoms with van der Waals surface area (Å²) in [5.41, 5.74) is 3.87. The van der Waals surface area contributed by atoms with Crippen LogP contribution in [-0.2, 0) is 0 Å². The van der Waals surface area contributed by atoms with E-state index in [0.29, 0.717) is 0 Å². The zero-order valence-corrected chi connectivity index (χ0v) is 11.2. The van der Waals surface area contributed by atoms with Gasteiger partial charge in [-0.1, -0.05) is 60.2 Å². The first-order valence-corrected chi connectivity index (χ1v) is 7.48. The minimum atomic E-state index is 1.08. The Morgan fingerprint density at radius 3 is 1.62 bits per heavy atom. The Bertz CT molecular complexity index is 390. The second kappa shape index (κ2) is 7.19. The van der Waals surface area contributed by atoms with Crippen LogP contribution < -0.4 is 0 Å². The van der Waals surface area contributed by atoms with Crippen molar-refractivity contribution in [1.29, 1.82) is 0 Å². The summed E-state index contributed by atoms with van der Waals surface area (Å²) in [5.74, 6) is 0. The molecule has 1 heteroatoms. The SMILES string of the molecule is CPC.Cc1ccc(-c2ccccc2)cc1. The number of hydrogen-bond donors (Lipinski definition) is 0. The normalized spacial score (nSPS) is 9.19. The van der Waals surface area contributed by atoms with Crippen molar-refractivity contribution in [2.75, 3.05) is 13.3 Å². The second-order valence-electron chi connectivity index (χ2n) is 3.73. The summed E-state index contributed by atoms with van der Waals surface area (Å²) in [4.78, 5) is 0. The maximum absolute atomic E-state index is 2.16. The Hall–Kier alpha value is -1.13. The predicted octanol–water partition coefficient (Wildman–Crippen LogP) is 4.59. The number of hydrogen-bond acceptors (Lipinski definition) is 0. The van der Waals surface area contributed by atoms with Gasteiger partial charge in [-0.3, -0.25) is 0 Å². The van der Waals surface area contributed by atoms with E-state index >= 15 is 0 Å². The highest BCUT2D eigenvalue weighted by molar-refractivity contribution is 7.35. The first-order valence-electron chi connectivity index (χ1n) is 5.48. The van der Waals surface area contributed by atoms with Gasteiger partial charge >= 0.3 is 0 Å². The van der Waals surface area contributed by atoms with Crippen LogP contribution in [0.4, 0.5) is 0 Å². The fraction of sp³-hybridized carbons (Fsp3) is 0.200. The molecule has 0 aliphatic carbocycles. The molecular weight excluding hydrogens is 211 g/mol. The Morgan fingerprint density at radius 1 is 0.688 bits per heavy atom. The molecule has 0 aliphatic rings. The van der Waals surface area contributed by atoms with Crippen LogP contribution >= 0.6 is 8.58 Å². The monoisotopic (exact) mass is 230 g/mol. The van der Waals surface area contributed by atoms with Gasteiger partial charge in [-0.25, -0.2) is 0 Å². The van der Waals surface area contributed by atoms with Gasteiger partial charge in [0.2, 0.25) is 0 Å². The van der Waals surface area contributed by atoms with E-state index in [1.54, 1.807) is 0 Å². The Morgan fingerprint density at radius 2 is 1.12 bits per heavy atom. The van der Waals surface area contributed by atoms with Crippen molar-refractivity contribution in [3.05, 3.63) is 60.2 Å². The van der Waals surface area contributed by atoms with Gasteiger partial charge in [0.05, 0.1) is 0 Å². The summed E-state index contributed by atoms with van der Waals surface area (Å²) in [6.07, 6.45) is 0. The van der Waals surface area contributed by atoms with Crippen LogP contribution in [0.3, 0.4) is 0 Å². The maximum atomic E-state index is 2.16. The van der Waals surface area contributed by atoms with Gasteiger partial charge in [0.15, 0.2) is 0 Å². The quantitative estimate of drug-likeness (QED) is 0.629. The van der Waals surface area contributed by atoms with Crippen LogP contribution in [0.15, 0.2) is 54.6 Å². The molecule has 0 atom stereocenters. The van der Waals surface area contributed by atoms with E-state index in [1.165, 1.54) is 16.7 Å². The fourth-order valence-electron chi connectivity index (χ4n) is 1.38. The Balaban J connectivity index is 0.000000386. The molecule has 0 N–H and O–H groups in total. The molecule has 0 saturated carbocycles. The molecular formula is C15H19P. The molecule has 0 unspecified atom stereocenters. The number of rotatable bonds is 1. The van der Waals surface area contributed by atoms with Crippen molar-refractivity contribution < 1.29 is 0 Å². The lowest BCUT2D eigenvalue weighted by Crippen LogP contribution is -1.76. The molecule has 0 bridgehead atoms. The summed E-state index contributed by atoms with van der Waals surface area (Å²) in [6, 6.07) is 19.0. The van der Waals surface area contributed by atoms with E-state index in [-0.39, 0.29) is 0 Å². The molecule has 0 heterocycles. The van der Waals surface area contributed by atoms with Gasteiger partial charge in [-0.05, 0) is 31.4 Å². The summed E-state index contributed by atoms with van der Waals surface area (Å²) < 4.78 is 0. The highest BCUT2D eigenvalue weighted by Crippen LogP contribution is 2.18. The first-order chi connectivity index (χ1) is 7.77. The fourth-order valence-corrected chi connectivity index (χ4v) is 1.38. The highest BCUT2D eigenvalue weighted by atomic mass is 31.1. The van der Waals surface area contributed by atoms with Crippen molar-refractivity contribution in [2.24, 2.45) is 0 Å². The van der Waals surface area contributed by atoms with Crippen molar-refractivity contribution in [3.8, 4) is 11.1 Å². The molecule has 0 aromatic heterocycles. The van der Waals surface area contributed by atoms with E-state index in [4.69, 9.17) is 0 Å². The van der Waals surface area contributed by atoms with Crippen molar-refractivity contribution in [2.45, 2.75) is 6.92 Å². The zero-order valence-electron chi connectivity index (χ0n) is 10.2. The average Bonchev–Trinajstić information content (AvgIpc) is 2.32. The number of aryl methyl sites for hydroxylation is 1. The predicted molar refractivity (Wildman–Crippen MR) is 76.8 cm³/mol. The van der Waals surface area contributed by atoms with E-state index in [2.05, 4.69) is 68.8 Å². The number of benzene rings is 2. The van der Waals surface area contributed by atoms with Crippen molar-refractivity contribution in [3.63, 3.8) is 0 Å². The average molecular weight is 230 g/mol. The molecule has 0 radical (unpaired) electrons. The topological polar surface area (TPSA) is 0 Å². The van der Waals surface area contributed by atoms with E-state index < -0.39 is 0 Å². The van der Waals surface area contributed by atoms with Gasteiger partial charge < -0.3 is 0 Å². The summed E-state index contributed by atoms with van der Waals surface area (Å²) >= 11 is 0. The minimum absolute atomic E-state index is 1.08. The molecule has 0 amide bonds. The van der Waals surface area contributed by atoms with Crippen molar-refractivity contribution >= 4 is 8.58 Å². The minimum Gasteiger partial charge on any atom is -0.129 e. The lowest BCUT2D eigenvalue weighted by molar-refractivity contribution is 1.47. The maximum Gasteiger partial charge on any atom is -0.0184 e. The standard InChI is InChI=1S/C13H12.C2H7P/c1-11-7-9-13(10-8-11)12-5-3-2-4-6-12;1-3-2/h2-10H,1H3;3H,1-2H3. The molecule has 0 fully saturated rings. The van der Waals surface area contributed by atoms with Crippen LogP contribution in [0, 0.1) is 6.92 Å². The summed E-state index contributed by atoms with van der Waals surface area (Å²) in [6.45, 7) is 6.41. The smallest absolute Gasteiger partial charge is 0.0184 e. The van der Waals surface area contributed by atoms with E-state index in [0.717, 1.165) is 8.58 Å². The highest BCUT2D eigenvalue weighted by Gasteiger charge is 1.93. The zero-order chi connectivity index (χ0) is 11.8. The molecule has 16 heavy (non-hydrogen) atoms. The van der Waals surface area contributed by atoms with Gasteiger partial charge in [0.1, 0.15) is 0 Å². The van der Waals surface area contributed by atoms with Crippen molar-refractivity contribution in [1.82, 2.24) is 0 Å². The molecule has 0 spiro atoms. The molecule has 2 rings (SSSR count). The lowest BCUT2D eigenvalue weighted by Gasteiger charge is -2.00. The molecule has 0 saturated heterocycles. The van der Waals surface area contributed by atoms with Gasteiger partial charge in [-0.15, -0.1) is 8.58 Å². The van der Waals surface area contributed by atoms with Crippen LogP contribution in [0.5, 0.6) is 0 Å². The third-order valence-corrected chi connectivity index (χ3v) is 2.16. The molecule has 0 nitrogen and oxygen atoms in total. The molecule has 2 aromatic carbocycles.